The van der Waals surface area contributed by atoms with Crippen LogP contribution in [-0.4, -0.2) is 93.3 Å². The van der Waals surface area contributed by atoms with Crippen LogP contribution in [0.4, 0.5) is 0 Å². The number of fused-ring (bicyclic) bond motifs is 3. The maximum Gasteiger partial charge on any atom is 0.247 e. The van der Waals surface area contributed by atoms with E-state index in [2.05, 4.69) is 31.6 Å². The Labute approximate surface area is 370 Å². The molecule has 3 heterocycles. The standard InChI is InChI=1S/C50H51N7O7/c1-30(58)43-48(62)54-41(27-32-16-6-3-7-17-32)50(64)57-25-13-24-42(57)47(61)56-44(37-22-12-19-33-18-8-9-20-35(33)37)49(63)53-40(28-34-29-51-38-23-11-10-21-36(34)38)45(59)52-39(46(60)55-43)26-31-14-4-2-5-15-31/h2-12,14-23,29-30,39-44,51,58H,13,24-28H2,1H3,(H,52,59)(H,53,63)(H,54,62)(H,55,60)(H,56,61)/t30-,39+,40-,41+,42+,43+,44+/m1/s1. The predicted molar refractivity (Wildman–Crippen MR) is 241 cm³/mol. The number of rotatable bonds is 8. The van der Waals surface area contributed by atoms with E-state index in [0.717, 1.165) is 21.9 Å². The predicted octanol–water partition coefficient (Wildman–Crippen LogP) is 3.53. The normalized spacial score (nSPS) is 23.2. The maximum absolute atomic E-state index is 15.0. The highest BCUT2D eigenvalue weighted by Gasteiger charge is 2.41. The molecule has 2 aliphatic heterocycles. The minimum atomic E-state index is -1.55. The number of H-pyrrole nitrogens is 1. The molecule has 2 fully saturated rings. The van der Waals surface area contributed by atoms with Crippen molar-refractivity contribution < 1.29 is 33.9 Å². The summed E-state index contributed by atoms with van der Waals surface area (Å²) in [7, 11) is 0. The van der Waals surface area contributed by atoms with Gasteiger partial charge in [0.1, 0.15) is 36.3 Å². The van der Waals surface area contributed by atoms with Crippen LogP contribution in [0.5, 0.6) is 0 Å². The number of aliphatic hydroxyl groups excluding tert-OH is 1. The Morgan fingerprint density at radius 3 is 1.88 bits per heavy atom. The van der Waals surface area contributed by atoms with Crippen LogP contribution in [0.2, 0.25) is 0 Å². The van der Waals surface area contributed by atoms with Crippen molar-refractivity contribution in [2.24, 2.45) is 0 Å². The summed E-state index contributed by atoms with van der Waals surface area (Å²) in [4.78, 5) is 92.4. The minimum absolute atomic E-state index is 0.0100. The van der Waals surface area contributed by atoms with Crippen molar-refractivity contribution >= 4 is 57.1 Å². The number of benzene rings is 5. The lowest BCUT2D eigenvalue weighted by Gasteiger charge is -2.32. The van der Waals surface area contributed by atoms with Crippen molar-refractivity contribution in [3.05, 3.63) is 156 Å². The van der Waals surface area contributed by atoms with Crippen LogP contribution in [0, 0.1) is 0 Å². The maximum atomic E-state index is 15.0. The van der Waals surface area contributed by atoms with Crippen LogP contribution in [-0.2, 0) is 48.0 Å². The molecule has 0 saturated carbocycles. The molecule has 0 bridgehead atoms. The summed E-state index contributed by atoms with van der Waals surface area (Å²) in [5.74, 6) is -4.11. The lowest BCUT2D eigenvalue weighted by Crippen LogP contribution is -2.62. The fourth-order valence-electron chi connectivity index (χ4n) is 8.81. The van der Waals surface area contributed by atoms with E-state index >= 15 is 0 Å². The first-order valence-corrected chi connectivity index (χ1v) is 21.6. The smallest absolute Gasteiger partial charge is 0.247 e. The fourth-order valence-corrected chi connectivity index (χ4v) is 8.81. The molecule has 8 rings (SSSR count). The molecule has 2 aliphatic rings. The van der Waals surface area contributed by atoms with Gasteiger partial charge in [0.25, 0.3) is 0 Å². The number of aliphatic hydroxyl groups is 1. The van der Waals surface area contributed by atoms with Crippen LogP contribution in [0.15, 0.2) is 134 Å². The summed E-state index contributed by atoms with van der Waals surface area (Å²) in [6.45, 7) is 1.54. The molecule has 6 amide bonds. The molecule has 14 heteroatoms. The van der Waals surface area contributed by atoms with E-state index in [1.54, 1.807) is 54.7 Å². The molecule has 7 atom stereocenters. The van der Waals surface area contributed by atoms with Gasteiger partial charge >= 0.3 is 0 Å². The van der Waals surface area contributed by atoms with Gasteiger partial charge in [0, 0.05) is 42.9 Å². The molecule has 64 heavy (non-hydrogen) atoms. The molecule has 6 aromatic rings. The van der Waals surface area contributed by atoms with Gasteiger partial charge in [0.2, 0.25) is 35.4 Å². The Kier molecular flexibility index (Phi) is 13.1. The molecular formula is C50H51N7O7. The highest BCUT2D eigenvalue weighted by atomic mass is 16.3. The van der Waals surface area contributed by atoms with Crippen molar-refractivity contribution in [1.82, 2.24) is 36.5 Å². The number of carbonyl (C=O) groups is 6. The van der Waals surface area contributed by atoms with Crippen LogP contribution < -0.4 is 26.6 Å². The largest absolute Gasteiger partial charge is 0.391 e. The van der Waals surface area contributed by atoms with Crippen LogP contribution in [0.3, 0.4) is 0 Å². The van der Waals surface area contributed by atoms with Crippen molar-refractivity contribution in [2.45, 2.75) is 81.4 Å². The van der Waals surface area contributed by atoms with Crippen molar-refractivity contribution in [3.63, 3.8) is 0 Å². The average molecular weight is 862 g/mol. The fraction of sp³-hybridized carbons (Fsp3) is 0.280. The topological polar surface area (TPSA) is 202 Å². The lowest BCUT2D eigenvalue weighted by atomic mass is 9.96. The summed E-state index contributed by atoms with van der Waals surface area (Å²) < 4.78 is 0. The molecule has 5 aromatic carbocycles. The van der Waals surface area contributed by atoms with E-state index in [-0.39, 0.29) is 32.2 Å². The number of aromatic nitrogens is 1. The third-order valence-corrected chi connectivity index (χ3v) is 12.1. The molecule has 14 nitrogen and oxygen atoms in total. The van der Waals surface area contributed by atoms with E-state index in [9.17, 15) is 33.9 Å². The molecule has 0 radical (unpaired) electrons. The third kappa shape index (κ3) is 9.67. The zero-order chi connectivity index (χ0) is 44.7. The molecule has 0 spiro atoms. The second-order valence-electron chi connectivity index (χ2n) is 16.6. The second-order valence-corrected chi connectivity index (χ2v) is 16.6. The number of amides is 6. The third-order valence-electron chi connectivity index (χ3n) is 12.1. The quantitative estimate of drug-likeness (QED) is 0.121. The lowest BCUT2D eigenvalue weighted by molar-refractivity contribution is -0.143. The Morgan fingerprint density at radius 2 is 1.16 bits per heavy atom. The van der Waals surface area contributed by atoms with Gasteiger partial charge in [-0.15, -0.1) is 0 Å². The SMILES string of the molecule is C[C@@H](O)[C@@H]1NC(=O)[C@H](Cc2ccccc2)NC(=O)[C@@H](Cc2c[nH]c3ccccc23)NC(=O)[C@H](c2cccc3ccccc23)NC(=O)[C@@H]2CCCN2C(=O)[C@H](Cc2ccccc2)NC1=O. The molecule has 7 N–H and O–H groups in total. The van der Waals surface area contributed by atoms with Crippen LogP contribution >= 0.6 is 0 Å². The number of hydrogen-bond acceptors (Lipinski definition) is 7. The summed E-state index contributed by atoms with van der Waals surface area (Å²) in [6.07, 6.45) is 1.11. The van der Waals surface area contributed by atoms with Crippen LogP contribution in [0.1, 0.15) is 48.1 Å². The van der Waals surface area contributed by atoms with Crippen molar-refractivity contribution in [3.8, 4) is 0 Å². The Morgan fingerprint density at radius 1 is 0.578 bits per heavy atom. The molecule has 2 saturated heterocycles. The van der Waals surface area contributed by atoms with E-state index in [1.807, 2.05) is 78.9 Å². The van der Waals surface area contributed by atoms with Crippen molar-refractivity contribution in [1.29, 1.82) is 0 Å². The van der Waals surface area contributed by atoms with Gasteiger partial charge in [-0.25, -0.2) is 0 Å². The average Bonchev–Trinajstić information content (AvgIpc) is 3.97. The minimum Gasteiger partial charge on any atom is -0.391 e. The highest BCUT2D eigenvalue weighted by Crippen LogP contribution is 2.28. The van der Waals surface area contributed by atoms with Gasteiger partial charge in [0.15, 0.2) is 0 Å². The Balaban J connectivity index is 1.23. The molecule has 328 valence electrons. The van der Waals surface area contributed by atoms with Gasteiger partial charge < -0.3 is 41.6 Å². The number of hydrogen-bond donors (Lipinski definition) is 7. The number of aromatic amines is 1. The van der Waals surface area contributed by atoms with E-state index in [4.69, 9.17) is 0 Å². The zero-order valence-electron chi connectivity index (χ0n) is 35.3. The van der Waals surface area contributed by atoms with Gasteiger partial charge in [0.05, 0.1) is 6.10 Å². The summed E-state index contributed by atoms with van der Waals surface area (Å²) in [6, 6.07) is 30.7. The first kappa shape index (κ1) is 43.3. The summed E-state index contributed by atoms with van der Waals surface area (Å²) in [5.41, 5.74) is 3.41. The zero-order valence-corrected chi connectivity index (χ0v) is 35.3. The first-order chi connectivity index (χ1) is 31.0. The van der Waals surface area contributed by atoms with Gasteiger partial charge in [-0.1, -0.05) is 121 Å². The second kappa shape index (κ2) is 19.4. The first-order valence-electron chi connectivity index (χ1n) is 21.6. The number of para-hydroxylation sites is 1. The molecule has 1 aromatic heterocycles. The van der Waals surface area contributed by atoms with Gasteiger partial charge in [-0.3, -0.25) is 28.8 Å². The van der Waals surface area contributed by atoms with Gasteiger partial charge in [-0.2, -0.15) is 0 Å². The molecule has 0 unspecified atom stereocenters. The van der Waals surface area contributed by atoms with Crippen molar-refractivity contribution in [2.75, 3.05) is 6.54 Å². The number of nitrogens with zero attached hydrogens (tertiary/aromatic N) is 1. The van der Waals surface area contributed by atoms with E-state index < -0.39 is 77.8 Å². The molecular weight excluding hydrogens is 811 g/mol. The Bertz CT molecular complexity index is 2660. The molecule has 0 aliphatic carbocycles. The Hall–Kier alpha value is -7.32. The number of carbonyl (C=O) groups excluding carboxylic acids is 6. The highest BCUT2D eigenvalue weighted by molar-refractivity contribution is 6.01. The summed E-state index contributed by atoms with van der Waals surface area (Å²) in [5, 5.41) is 27.6. The summed E-state index contributed by atoms with van der Waals surface area (Å²) >= 11 is 0. The van der Waals surface area contributed by atoms with Crippen LogP contribution in [0.25, 0.3) is 21.7 Å². The van der Waals surface area contributed by atoms with Gasteiger partial charge in [-0.05, 0) is 58.9 Å². The van der Waals surface area contributed by atoms with E-state index in [0.29, 0.717) is 28.5 Å². The number of nitrogens with one attached hydrogen (secondary N) is 6. The van der Waals surface area contributed by atoms with E-state index in [1.165, 1.54) is 11.8 Å². The monoisotopic (exact) mass is 861 g/mol.